The summed E-state index contributed by atoms with van der Waals surface area (Å²) >= 11 is 0. The van der Waals surface area contributed by atoms with Crippen molar-refractivity contribution in [3.8, 4) is 0 Å². The number of piperazine rings is 1. The lowest BCUT2D eigenvalue weighted by Crippen LogP contribution is -2.47. The van der Waals surface area contributed by atoms with Gasteiger partial charge in [0, 0.05) is 38.4 Å². The molecule has 1 heterocycles. The summed E-state index contributed by atoms with van der Waals surface area (Å²) in [6, 6.07) is 8.76. The summed E-state index contributed by atoms with van der Waals surface area (Å²) in [4.78, 5) is 16.7. The van der Waals surface area contributed by atoms with Crippen LogP contribution in [-0.2, 0) is 4.79 Å². The van der Waals surface area contributed by atoms with Crippen molar-refractivity contribution in [3.63, 3.8) is 0 Å². The number of aryl methyl sites for hydroxylation is 1. The molecule has 0 spiro atoms. The Morgan fingerprint density at radius 2 is 1.82 bits per heavy atom. The first kappa shape index (κ1) is 27.3. The number of anilines is 1. The molecular formula is C20H35Cl3N4O. The van der Waals surface area contributed by atoms with E-state index in [4.69, 9.17) is 0 Å². The first-order valence-corrected chi connectivity index (χ1v) is 9.72. The minimum atomic E-state index is 0. The van der Waals surface area contributed by atoms with Gasteiger partial charge in [-0.2, -0.15) is 0 Å². The van der Waals surface area contributed by atoms with Crippen molar-refractivity contribution in [1.82, 2.24) is 15.5 Å². The average molecular weight is 454 g/mol. The van der Waals surface area contributed by atoms with E-state index >= 15 is 0 Å². The molecule has 1 saturated carbocycles. The van der Waals surface area contributed by atoms with Gasteiger partial charge in [-0.25, -0.2) is 0 Å². The number of amides is 1. The van der Waals surface area contributed by atoms with E-state index in [0.29, 0.717) is 6.54 Å². The van der Waals surface area contributed by atoms with Crippen LogP contribution in [0.2, 0.25) is 0 Å². The number of hydrogen-bond donors (Lipinski definition) is 2. The van der Waals surface area contributed by atoms with E-state index in [-0.39, 0.29) is 43.1 Å². The molecule has 0 bridgehead atoms. The Morgan fingerprint density at radius 3 is 2.46 bits per heavy atom. The normalized spacial score (nSPS) is 16.4. The molecule has 3 rings (SSSR count). The predicted molar refractivity (Wildman–Crippen MR) is 125 cm³/mol. The summed E-state index contributed by atoms with van der Waals surface area (Å²) in [5, 5.41) is 6.25. The van der Waals surface area contributed by atoms with Crippen LogP contribution in [0, 0.1) is 12.8 Å². The fourth-order valence-corrected chi connectivity index (χ4v) is 3.36. The van der Waals surface area contributed by atoms with Crippen molar-refractivity contribution in [2.24, 2.45) is 5.92 Å². The molecule has 28 heavy (non-hydrogen) atoms. The second kappa shape index (κ2) is 14.3. The topological polar surface area (TPSA) is 47.6 Å². The average Bonchev–Trinajstić information content (AvgIpc) is 3.44. The lowest BCUT2D eigenvalue weighted by molar-refractivity contribution is -0.120. The van der Waals surface area contributed by atoms with Crippen LogP contribution in [0.1, 0.15) is 24.8 Å². The highest BCUT2D eigenvalue weighted by atomic mass is 35.5. The van der Waals surface area contributed by atoms with Crippen molar-refractivity contribution in [1.29, 1.82) is 0 Å². The van der Waals surface area contributed by atoms with Gasteiger partial charge in [0.15, 0.2) is 0 Å². The summed E-state index contributed by atoms with van der Waals surface area (Å²) in [5.41, 5.74) is 2.66. The quantitative estimate of drug-likeness (QED) is 0.564. The lowest BCUT2D eigenvalue weighted by atomic mass is 10.2. The van der Waals surface area contributed by atoms with Gasteiger partial charge in [-0.3, -0.25) is 9.69 Å². The van der Waals surface area contributed by atoms with E-state index in [9.17, 15) is 4.79 Å². The number of carbonyl (C=O) groups is 1. The summed E-state index contributed by atoms with van der Waals surface area (Å²) in [6.45, 7) is 9.83. The first-order valence-electron chi connectivity index (χ1n) is 9.72. The third-order valence-electron chi connectivity index (χ3n) is 5.13. The van der Waals surface area contributed by atoms with Crippen molar-refractivity contribution in [3.05, 3.63) is 29.8 Å². The lowest BCUT2D eigenvalue weighted by Gasteiger charge is -2.36. The van der Waals surface area contributed by atoms with E-state index < -0.39 is 0 Å². The Morgan fingerprint density at radius 1 is 1.11 bits per heavy atom. The highest BCUT2D eigenvalue weighted by Crippen LogP contribution is 2.27. The summed E-state index contributed by atoms with van der Waals surface area (Å²) in [6.07, 6.45) is 3.68. The number of nitrogens with zero attached hydrogens (tertiary/aromatic N) is 2. The van der Waals surface area contributed by atoms with Crippen molar-refractivity contribution in [2.75, 3.05) is 57.3 Å². The van der Waals surface area contributed by atoms with Gasteiger partial charge in [0.2, 0.25) is 5.91 Å². The SMILES string of the molecule is Cc1cccc(N2CCN(CCCNC(=O)CNCC3CC3)CC2)c1.Cl.Cl.Cl. The van der Waals surface area contributed by atoms with E-state index in [1.165, 1.54) is 24.1 Å². The Balaban J connectivity index is 0.00000243. The van der Waals surface area contributed by atoms with Gasteiger partial charge in [-0.05, 0) is 62.9 Å². The third kappa shape index (κ3) is 9.66. The largest absolute Gasteiger partial charge is 0.369 e. The minimum Gasteiger partial charge on any atom is -0.369 e. The standard InChI is InChI=1S/C20H32N4O.3ClH/c1-17-4-2-5-19(14-17)24-12-10-23(11-13-24)9-3-8-22-20(25)16-21-15-18-6-7-18;;;/h2,4-5,14,18,21H,3,6-13,15-16H2,1H3,(H,22,25);3*1H. The molecular weight excluding hydrogens is 419 g/mol. The Labute approximate surface area is 188 Å². The maximum Gasteiger partial charge on any atom is 0.233 e. The maximum absolute atomic E-state index is 11.7. The smallest absolute Gasteiger partial charge is 0.233 e. The number of benzene rings is 1. The Bertz CT molecular complexity index is 564. The number of carbonyl (C=O) groups excluding carboxylic acids is 1. The summed E-state index contributed by atoms with van der Waals surface area (Å²) < 4.78 is 0. The molecule has 2 N–H and O–H groups in total. The molecule has 0 atom stereocenters. The molecule has 0 aromatic heterocycles. The molecule has 1 aliphatic carbocycles. The molecule has 2 fully saturated rings. The van der Waals surface area contributed by atoms with Gasteiger partial charge in [-0.15, -0.1) is 37.2 Å². The van der Waals surface area contributed by atoms with E-state index in [1.807, 2.05) is 0 Å². The maximum atomic E-state index is 11.7. The zero-order valence-electron chi connectivity index (χ0n) is 16.7. The molecule has 5 nitrogen and oxygen atoms in total. The van der Waals surface area contributed by atoms with Crippen LogP contribution in [0.25, 0.3) is 0 Å². The summed E-state index contributed by atoms with van der Waals surface area (Å²) in [5.74, 6) is 0.955. The molecule has 2 aliphatic rings. The van der Waals surface area contributed by atoms with E-state index in [0.717, 1.165) is 58.2 Å². The van der Waals surface area contributed by atoms with Crippen LogP contribution in [0.15, 0.2) is 24.3 Å². The second-order valence-electron chi connectivity index (χ2n) is 7.45. The van der Waals surface area contributed by atoms with Gasteiger partial charge in [0.05, 0.1) is 6.54 Å². The number of halogens is 3. The molecule has 1 aromatic rings. The Hall–Kier alpha value is -0.720. The van der Waals surface area contributed by atoms with Crippen LogP contribution in [0.4, 0.5) is 5.69 Å². The monoisotopic (exact) mass is 452 g/mol. The number of rotatable bonds is 9. The molecule has 0 unspecified atom stereocenters. The zero-order chi connectivity index (χ0) is 17.5. The predicted octanol–water partition coefficient (Wildman–Crippen LogP) is 2.89. The van der Waals surface area contributed by atoms with Gasteiger partial charge in [0.25, 0.3) is 0 Å². The second-order valence-corrected chi connectivity index (χ2v) is 7.45. The van der Waals surface area contributed by atoms with Crippen LogP contribution < -0.4 is 15.5 Å². The van der Waals surface area contributed by atoms with Gasteiger partial charge >= 0.3 is 0 Å². The number of nitrogens with one attached hydrogen (secondary N) is 2. The first-order chi connectivity index (χ1) is 12.2. The molecule has 162 valence electrons. The highest BCUT2D eigenvalue weighted by molar-refractivity contribution is 5.86. The molecule has 1 aliphatic heterocycles. The fraction of sp³-hybridized carbons (Fsp3) is 0.650. The van der Waals surface area contributed by atoms with Crippen molar-refractivity contribution in [2.45, 2.75) is 26.2 Å². The van der Waals surface area contributed by atoms with Gasteiger partial charge < -0.3 is 15.5 Å². The third-order valence-corrected chi connectivity index (χ3v) is 5.13. The van der Waals surface area contributed by atoms with Crippen LogP contribution >= 0.6 is 37.2 Å². The van der Waals surface area contributed by atoms with Gasteiger partial charge in [0.1, 0.15) is 0 Å². The van der Waals surface area contributed by atoms with E-state index in [1.54, 1.807) is 0 Å². The molecule has 1 aromatic carbocycles. The van der Waals surface area contributed by atoms with Crippen LogP contribution in [0.3, 0.4) is 0 Å². The zero-order valence-corrected chi connectivity index (χ0v) is 19.1. The molecule has 8 heteroatoms. The fourth-order valence-electron chi connectivity index (χ4n) is 3.36. The number of hydrogen-bond acceptors (Lipinski definition) is 4. The molecule has 1 amide bonds. The molecule has 1 saturated heterocycles. The Kier molecular flexibility index (Phi) is 13.9. The highest BCUT2D eigenvalue weighted by Gasteiger charge is 2.20. The van der Waals surface area contributed by atoms with Crippen LogP contribution in [0.5, 0.6) is 0 Å². The summed E-state index contributed by atoms with van der Waals surface area (Å²) in [7, 11) is 0. The van der Waals surface area contributed by atoms with Crippen molar-refractivity contribution < 1.29 is 4.79 Å². The molecule has 0 radical (unpaired) electrons. The van der Waals surface area contributed by atoms with E-state index in [2.05, 4.69) is 51.6 Å². The van der Waals surface area contributed by atoms with Gasteiger partial charge in [-0.1, -0.05) is 12.1 Å². The minimum absolute atomic E-state index is 0. The van der Waals surface area contributed by atoms with Crippen molar-refractivity contribution >= 4 is 48.8 Å². The van der Waals surface area contributed by atoms with Crippen LogP contribution in [-0.4, -0.2) is 63.2 Å².